The molecule has 1 aliphatic rings. The Morgan fingerprint density at radius 1 is 1.20 bits per heavy atom. The molecule has 1 fully saturated rings. The summed E-state index contributed by atoms with van der Waals surface area (Å²) in [5.41, 5.74) is 2.01. The van der Waals surface area contributed by atoms with Gasteiger partial charge in [0.25, 0.3) is 0 Å². The van der Waals surface area contributed by atoms with Crippen molar-refractivity contribution in [1.82, 2.24) is 10.6 Å². The van der Waals surface area contributed by atoms with Crippen LogP contribution in [-0.2, 0) is 17.9 Å². The van der Waals surface area contributed by atoms with Gasteiger partial charge in [-0.05, 0) is 63.5 Å². The third kappa shape index (κ3) is 7.45. The molecule has 1 aromatic rings. The largest absolute Gasteiger partial charge is 0.396 e. The van der Waals surface area contributed by atoms with Crippen LogP contribution in [0.5, 0.6) is 0 Å². The fourth-order valence-corrected chi connectivity index (χ4v) is 3.04. The first-order valence-electron chi connectivity index (χ1n) is 9.23. The minimum atomic E-state index is -0.164. The Labute approximate surface area is 151 Å². The van der Waals surface area contributed by atoms with E-state index in [1.54, 1.807) is 0 Å². The summed E-state index contributed by atoms with van der Waals surface area (Å²) in [6.45, 7) is 7.44. The summed E-state index contributed by atoms with van der Waals surface area (Å²) in [6, 6.07) is 8.20. The van der Waals surface area contributed by atoms with E-state index in [-0.39, 0.29) is 24.3 Å². The average molecular weight is 348 g/mol. The van der Waals surface area contributed by atoms with Gasteiger partial charge in [-0.15, -0.1) is 0 Å². The van der Waals surface area contributed by atoms with E-state index in [0.29, 0.717) is 19.1 Å². The SMILES string of the molecule is CC(C)(C)OCc1cccc(CNC(=O)NC2CCC(CO)CC2)c1. The zero-order chi connectivity index (χ0) is 18.3. The number of aliphatic hydroxyl groups excluding tert-OH is 1. The second kappa shape index (κ2) is 9.20. The van der Waals surface area contributed by atoms with E-state index in [1.807, 2.05) is 39.0 Å². The summed E-state index contributed by atoms with van der Waals surface area (Å²) in [5.74, 6) is 0.402. The molecule has 3 N–H and O–H groups in total. The van der Waals surface area contributed by atoms with Gasteiger partial charge in [-0.25, -0.2) is 4.79 Å². The first kappa shape index (κ1) is 19.7. The second-order valence-electron chi connectivity index (χ2n) is 7.95. The number of benzene rings is 1. The Morgan fingerprint density at radius 3 is 2.52 bits per heavy atom. The maximum atomic E-state index is 12.1. The van der Waals surface area contributed by atoms with Gasteiger partial charge >= 0.3 is 6.03 Å². The average Bonchev–Trinajstić information content (AvgIpc) is 2.59. The monoisotopic (exact) mass is 348 g/mol. The molecule has 140 valence electrons. The summed E-state index contributed by atoms with van der Waals surface area (Å²) in [4.78, 5) is 12.1. The van der Waals surface area contributed by atoms with Gasteiger partial charge in [0.15, 0.2) is 0 Å². The number of carbonyl (C=O) groups excluding carboxylic acids is 1. The van der Waals surface area contributed by atoms with E-state index in [1.165, 1.54) is 0 Å². The van der Waals surface area contributed by atoms with Crippen LogP contribution in [0.2, 0.25) is 0 Å². The standard InChI is InChI=1S/C20H32N2O3/c1-20(2,3)25-14-17-6-4-5-16(11-17)12-21-19(24)22-18-9-7-15(13-23)8-10-18/h4-6,11,15,18,23H,7-10,12-14H2,1-3H3,(H2,21,22,24). The fourth-order valence-electron chi connectivity index (χ4n) is 3.04. The molecule has 0 saturated heterocycles. The molecule has 2 amide bonds. The number of aliphatic hydroxyl groups is 1. The summed E-state index contributed by atoms with van der Waals surface area (Å²) in [7, 11) is 0. The molecule has 1 aromatic carbocycles. The lowest BCUT2D eigenvalue weighted by atomic mass is 9.87. The van der Waals surface area contributed by atoms with Crippen molar-refractivity contribution in [3.63, 3.8) is 0 Å². The highest BCUT2D eigenvalue weighted by Crippen LogP contribution is 2.23. The van der Waals surface area contributed by atoms with Crippen molar-refractivity contribution < 1.29 is 14.6 Å². The number of ether oxygens (including phenoxy) is 1. The Bertz CT molecular complexity index is 546. The van der Waals surface area contributed by atoms with E-state index in [2.05, 4.69) is 16.7 Å². The summed E-state index contributed by atoms with van der Waals surface area (Å²) < 4.78 is 5.80. The van der Waals surface area contributed by atoms with Gasteiger partial charge in [-0.2, -0.15) is 0 Å². The molecular weight excluding hydrogens is 316 g/mol. The molecule has 0 aliphatic heterocycles. The number of carbonyl (C=O) groups is 1. The van der Waals surface area contributed by atoms with Gasteiger partial charge in [0.1, 0.15) is 0 Å². The minimum absolute atomic E-state index is 0.121. The second-order valence-corrected chi connectivity index (χ2v) is 7.95. The number of rotatable bonds is 6. The molecule has 5 nitrogen and oxygen atoms in total. The van der Waals surface area contributed by atoms with Crippen LogP contribution < -0.4 is 10.6 Å². The molecular formula is C20H32N2O3. The van der Waals surface area contributed by atoms with Crippen molar-refractivity contribution in [3.05, 3.63) is 35.4 Å². The number of urea groups is 1. The lowest BCUT2D eigenvalue weighted by Gasteiger charge is -2.28. The van der Waals surface area contributed by atoms with Crippen LogP contribution in [0.3, 0.4) is 0 Å². The van der Waals surface area contributed by atoms with Gasteiger partial charge in [0.2, 0.25) is 0 Å². The van der Waals surface area contributed by atoms with Gasteiger partial charge in [-0.1, -0.05) is 24.3 Å². The Hall–Kier alpha value is -1.59. The highest BCUT2D eigenvalue weighted by Gasteiger charge is 2.21. The van der Waals surface area contributed by atoms with Gasteiger partial charge in [0.05, 0.1) is 12.2 Å². The number of amides is 2. The molecule has 0 unspecified atom stereocenters. The minimum Gasteiger partial charge on any atom is -0.396 e. The number of hydrogen-bond acceptors (Lipinski definition) is 3. The molecule has 25 heavy (non-hydrogen) atoms. The highest BCUT2D eigenvalue weighted by atomic mass is 16.5. The van der Waals surface area contributed by atoms with Gasteiger partial charge < -0.3 is 20.5 Å². The van der Waals surface area contributed by atoms with E-state index in [9.17, 15) is 4.79 Å². The highest BCUT2D eigenvalue weighted by molar-refractivity contribution is 5.74. The zero-order valence-electron chi connectivity index (χ0n) is 15.7. The quantitative estimate of drug-likeness (QED) is 0.738. The van der Waals surface area contributed by atoms with Crippen LogP contribution in [0, 0.1) is 5.92 Å². The molecule has 0 aromatic heterocycles. The summed E-state index contributed by atoms with van der Waals surface area (Å²) >= 11 is 0. The number of nitrogens with one attached hydrogen (secondary N) is 2. The molecule has 0 bridgehead atoms. The smallest absolute Gasteiger partial charge is 0.315 e. The molecule has 0 heterocycles. The topological polar surface area (TPSA) is 70.6 Å². The van der Waals surface area contributed by atoms with E-state index < -0.39 is 0 Å². The molecule has 1 saturated carbocycles. The van der Waals surface area contributed by atoms with Crippen LogP contribution in [0.1, 0.15) is 57.6 Å². The maximum Gasteiger partial charge on any atom is 0.315 e. The maximum absolute atomic E-state index is 12.1. The molecule has 0 radical (unpaired) electrons. The lowest BCUT2D eigenvalue weighted by Crippen LogP contribution is -2.43. The van der Waals surface area contributed by atoms with Crippen molar-refractivity contribution in [2.45, 2.75) is 71.2 Å². The third-order valence-electron chi connectivity index (χ3n) is 4.56. The van der Waals surface area contributed by atoms with E-state index >= 15 is 0 Å². The summed E-state index contributed by atoms with van der Waals surface area (Å²) in [5, 5.41) is 15.1. The number of hydrogen-bond donors (Lipinski definition) is 3. The molecule has 2 rings (SSSR count). The van der Waals surface area contributed by atoms with E-state index in [4.69, 9.17) is 9.84 Å². The molecule has 1 aliphatic carbocycles. The molecule has 0 atom stereocenters. The van der Waals surface area contributed by atoms with Crippen molar-refractivity contribution in [2.75, 3.05) is 6.61 Å². The van der Waals surface area contributed by atoms with Crippen molar-refractivity contribution in [1.29, 1.82) is 0 Å². The zero-order valence-corrected chi connectivity index (χ0v) is 15.7. The Morgan fingerprint density at radius 2 is 1.88 bits per heavy atom. The normalized spacial score (nSPS) is 21.0. The third-order valence-corrected chi connectivity index (χ3v) is 4.56. The van der Waals surface area contributed by atoms with Crippen molar-refractivity contribution in [2.24, 2.45) is 5.92 Å². The lowest BCUT2D eigenvalue weighted by molar-refractivity contribution is -0.0149. The van der Waals surface area contributed by atoms with E-state index in [0.717, 1.165) is 36.8 Å². The Balaban J connectivity index is 1.74. The first-order chi connectivity index (χ1) is 11.9. The van der Waals surface area contributed by atoms with Crippen LogP contribution in [0.15, 0.2) is 24.3 Å². The van der Waals surface area contributed by atoms with Gasteiger partial charge in [-0.3, -0.25) is 0 Å². The fraction of sp³-hybridized carbons (Fsp3) is 0.650. The Kier molecular flexibility index (Phi) is 7.26. The van der Waals surface area contributed by atoms with Crippen LogP contribution in [-0.4, -0.2) is 29.4 Å². The van der Waals surface area contributed by atoms with Crippen molar-refractivity contribution >= 4 is 6.03 Å². The summed E-state index contributed by atoms with van der Waals surface area (Å²) in [6.07, 6.45) is 3.85. The van der Waals surface area contributed by atoms with Crippen LogP contribution in [0.4, 0.5) is 4.79 Å². The predicted molar refractivity (Wildman–Crippen MR) is 99.2 cm³/mol. The van der Waals surface area contributed by atoms with Crippen LogP contribution in [0.25, 0.3) is 0 Å². The molecule has 5 heteroatoms. The predicted octanol–water partition coefficient (Wildman–Crippen LogP) is 3.35. The van der Waals surface area contributed by atoms with Crippen LogP contribution >= 0.6 is 0 Å². The van der Waals surface area contributed by atoms with Gasteiger partial charge in [0, 0.05) is 19.2 Å². The first-order valence-corrected chi connectivity index (χ1v) is 9.23. The molecule has 0 spiro atoms. The van der Waals surface area contributed by atoms with Crippen molar-refractivity contribution in [3.8, 4) is 0 Å².